The second kappa shape index (κ2) is 17.4. The van der Waals surface area contributed by atoms with Crippen LogP contribution in [0.5, 0.6) is 0 Å². The van der Waals surface area contributed by atoms with Gasteiger partial charge in [0.25, 0.3) is 0 Å². The fourth-order valence-corrected chi connectivity index (χ4v) is 0. The average molecular weight is 170 g/mol. The summed E-state index contributed by atoms with van der Waals surface area (Å²) >= 11 is 0. The minimum absolute atomic E-state index is 0. The van der Waals surface area contributed by atoms with E-state index in [1.54, 1.807) is 0 Å². The molecule has 0 spiro atoms. The van der Waals surface area contributed by atoms with E-state index in [2.05, 4.69) is 0 Å². The van der Waals surface area contributed by atoms with Gasteiger partial charge < -0.3 is 0 Å². The third-order valence-electron chi connectivity index (χ3n) is 0. The van der Waals surface area contributed by atoms with Crippen LogP contribution in [0.25, 0.3) is 0 Å². The van der Waals surface area contributed by atoms with Gasteiger partial charge in [0.15, 0.2) is 17.4 Å². The van der Waals surface area contributed by atoms with Crippen molar-refractivity contribution in [2.45, 2.75) is 0 Å². The van der Waals surface area contributed by atoms with Gasteiger partial charge in [-0.15, -0.1) is 0 Å². The van der Waals surface area contributed by atoms with E-state index in [1.807, 2.05) is 0 Å². The van der Waals surface area contributed by atoms with Gasteiger partial charge in [0.1, 0.15) is 0 Å². The van der Waals surface area contributed by atoms with Crippen LogP contribution in [0.4, 0.5) is 0 Å². The molecule has 0 rings (SSSR count). The summed E-state index contributed by atoms with van der Waals surface area (Å²) in [5.41, 5.74) is 0. The predicted molar refractivity (Wildman–Crippen MR) is 29.8 cm³/mol. The molecule has 0 aromatic carbocycles. The third-order valence-corrected chi connectivity index (χ3v) is 0. The molecule has 0 aliphatic carbocycles. The van der Waals surface area contributed by atoms with Crippen LogP contribution in [0.15, 0.2) is 0 Å². The second-order valence-corrected chi connectivity index (χ2v) is 0. The van der Waals surface area contributed by atoms with Gasteiger partial charge in [0.2, 0.25) is 0 Å². The Morgan fingerprint density at radius 1 is 1.00 bits per heavy atom. The molecule has 0 heterocycles. The number of rotatable bonds is 0. The van der Waals surface area contributed by atoms with Crippen molar-refractivity contribution in [3.8, 4) is 0 Å². The van der Waals surface area contributed by atoms with E-state index in [1.165, 1.54) is 0 Å². The normalized spacial score (nSPS) is 0. The Balaban J connectivity index is 0. The molecule has 0 amide bonds. The Hall–Kier alpha value is 2.63. The van der Waals surface area contributed by atoms with Crippen LogP contribution >= 0.6 is 0 Å². The summed E-state index contributed by atoms with van der Waals surface area (Å²) in [6, 6.07) is 0. The molecule has 20 valence electrons. The first kappa shape index (κ1) is 30.4. The van der Waals surface area contributed by atoms with E-state index >= 15 is 0 Å². The van der Waals surface area contributed by atoms with Crippen LogP contribution < -0.4 is 0 Å². The minimum atomic E-state index is 0. The molecule has 0 aromatic rings. The van der Waals surface area contributed by atoms with Crippen LogP contribution in [-0.2, 0) is 19.5 Å². The van der Waals surface area contributed by atoms with Crippen molar-refractivity contribution >= 4 is 66.1 Å². The second-order valence-electron chi connectivity index (χ2n) is 0. The van der Waals surface area contributed by atoms with E-state index in [9.17, 15) is 0 Å². The fraction of sp³-hybridized carbons (Fsp3) is 0. The van der Waals surface area contributed by atoms with E-state index in [4.69, 9.17) is 0 Å². The zero-order valence-corrected chi connectivity index (χ0v) is 3.67. The molecule has 4 heavy (non-hydrogen) atoms. The predicted octanol–water partition coefficient (Wildman–Crippen LogP) is -3.55. The average Bonchev–Trinajstić information content (AvgIpc) is 0. The Morgan fingerprint density at radius 3 is 1.00 bits per heavy atom. The quantitative estimate of drug-likeness (QED) is 0.330. The molecule has 0 bridgehead atoms. The molecular weight excluding hydrogens is 161 g/mol. The topological polar surface area (TPSA) is 0 Å². The first-order valence-electron chi connectivity index (χ1n) is 0. The van der Waals surface area contributed by atoms with Gasteiger partial charge in [-0.05, 0) is 11.0 Å². The Labute approximate surface area is 84.0 Å². The maximum atomic E-state index is 0. The van der Waals surface area contributed by atoms with Crippen LogP contribution in [0, 0.1) is 0 Å². The summed E-state index contributed by atoms with van der Waals surface area (Å²) in [5.74, 6) is 0. The largest absolute Gasteiger partial charge is 0.0149 e. The maximum Gasteiger partial charge on any atom is 0 e. The molecule has 0 fully saturated rings. The van der Waals surface area contributed by atoms with Gasteiger partial charge >= 0.3 is 37.7 Å². The van der Waals surface area contributed by atoms with Crippen molar-refractivity contribution < 1.29 is 19.5 Å². The van der Waals surface area contributed by atoms with Crippen molar-refractivity contribution in [1.82, 2.24) is 0 Å². The zero-order valence-electron chi connectivity index (χ0n) is 0.707. The maximum absolute atomic E-state index is 0. The molecule has 4 heteroatoms. The molecular formula is H9AlCaSiZn. The molecule has 0 radical (unpaired) electrons. The molecule has 0 unspecified atom stereocenters. The molecule has 0 saturated carbocycles. The van der Waals surface area contributed by atoms with Crippen LogP contribution in [0.3, 0.4) is 0 Å². The Bertz CT molecular complexity index is 8.00. The van der Waals surface area contributed by atoms with Crippen molar-refractivity contribution in [2.24, 2.45) is 0 Å². The fourth-order valence-electron chi connectivity index (χ4n) is 0. The Kier molecular flexibility index (Phi) is 132. The first-order valence-corrected chi connectivity index (χ1v) is 0. The minimum Gasteiger partial charge on any atom is -0.0149 e. The summed E-state index contributed by atoms with van der Waals surface area (Å²) in [6.07, 6.45) is 0. The van der Waals surface area contributed by atoms with Gasteiger partial charge in [0, 0.05) is 19.5 Å². The van der Waals surface area contributed by atoms with Crippen molar-refractivity contribution in [1.29, 1.82) is 0 Å². The summed E-state index contributed by atoms with van der Waals surface area (Å²) in [7, 11) is 0. The molecule has 0 saturated heterocycles. The van der Waals surface area contributed by atoms with Gasteiger partial charge in [-0.2, -0.15) is 0 Å². The number of hydrogen-bond donors (Lipinski definition) is 0. The smallest absolute Gasteiger partial charge is 0 e. The van der Waals surface area contributed by atoms with Crippen LogP contribution in [0.2, 0.25) is 0 Å². The van der Waals surface area contributed by atoms with Crippen LogP contribution in [0.1, 0.15) is 0 Å². The van der Waals surface area contributed by atoms with Crippen LogP contribution in [-0.4, -0.2) is 66.1 Å². The van der Waals surface area contributed by atoms with Gasteiger partial charge in [-0.1, -0.05) is 0 Å². The van der Waals surface area contributed by atoms with E-state index < -0.39 is 0 Å². The van der Waals surface area contributed by atoms with Gasteiger partial charge in [-0.25, -0.2) is 0 Å². The van der Waals surface area contributed by atoms with Crippen molar-refractivity contribution in [2.75, 3.05) is 0 Å². The monoisotopic (exact) mass is 168 g/mol. The third kappa shape index (κ3) is 8.82. The van der Waals surface area contributed by atoms with E-state index in [0.29, 0.717) is 0 Å². The molecule has 0 aliphatic rings. The molecule has 0 N–H and O–H groups in total. The van der Waals surface area contributed by atoms with E-state index in [0.717, 1.165) is 0 Å². The summed E-state index contributed by atoms with van der Waals surface area (Å²) < 4.78 is 0. The summed E-state index contributed by atoms with van der Waals surface area (Å²) in [4.78, 5) is 0. The standard InChI is InChI=1S/Al.Ca.H4Si.Zn.5H/h;;1H4;;;;;;. The Morgan fingerprint density at radius 2 is 1.00 bits per heavy atom. The SMILES string of the molecule is [AlH3].[CaH2].[SiH4].[Zn]. The zero-order chi connectivity index (χ0) is 0. The molecule has 0 nitrogen and oxygen atoms in total. The molecule has 0 aromatic heterocycles. The molecule has 0 atom stereocenters. The first-order chi connectivity index (χ1) is 0. The number of hydrogen-bond acceptors (Lipinski definition) is 0. The van der Waals surface area contributed by atoms with Crippen molar-refractivity contribution in [3.05, 3.63) is 0 Å². The van der Waals surface area contributed by atoms with E-state index in [-0.39, 0.29) is 85.5 Å². The van der Waals surface area contributed by atoms with Gasteiger partial charge in [-0.3, -0.25) is 0 Å². The summed E-state index contributed by atoms with van der Waals surface area (Å²) in [6.45, 7) is 0. The summed E-state index contributed by atoms with van der Waals surface area (Å²) in [5, 5.41) is 0. The molecule has 0 aliphatic heterocycles. The van der Waals surface area contributed by atoms with Gasteiger partial charge in [0.05, 0.1) is 0 Å². The van der Waals surface area contributed by atoms with Crippen molar-refractivity contribution in [3.63, 3.8) is 0 Å².